The van der Waals surface area contributed by atoms with Gasteiger partial charge in [0.2, 0.25) is 0 Å². The minimum Gasteiger partial charge on any atom is -0.489 e. The number of primary amides is 1. The monoisotopic (exact) mass is 453 g/mol. The molecule has 170 valence electrons. The van der Waals surface area contributed by atoms with Crippen molar-refractivity contribution < 1.29 is 37.0 Å². The number of fused-ring (bicyclic) bond motifs is 2. The van der Waals surface area contributed by atoms with Crippen LogP contribution in [0.2, 0.25) is 0 Å². The Morgan fingerprint density at radius 2 is 1.88 bits per heavy atom. The summed E-state index contributed by atoms with van der Waals surface area (Å²) in [6.07, 6.45) is -5.08. The summed E-state index contributed by atoms with van der Waals surface area (Å²) in [6.45, 7) is 5.01. The zero-order chi connectivity index (χ0) is 23.8. The maximum Gasteiger partial charge on any atom is 0.490 e. The molecule has 0 radical (unpaired) electrons. The first-order chi connectivity index (χ1) is 14.9. The van der Waals surface area contributed by atoms with Crippen LogP contribution < -0.4 is 15.8 Å². The molecule has 7 nitrogen and oxygen atoms in total. The predicted octanol–water partition coefficient (Wildman–Crippen LogP) is 4.13. The highest BCUT2D eigenvalue weighted by Gasteiger charge is 2.38. The molecule has 0 saturated carbocycles. The normalized spacial score (nSPS) is 12.8. The summed E-state index contributed by atoms with van der Waals surface area (Å²) in [5.41, 5.74) is 9.81. The van der Waals surface area contributed by atoms with E-state index < -0.39 is 23.9 Å². The second-order valence-corrected chi connectivity index (χ2v) is 7.03. The summed E-state index contributed by atoms with van der Waals surface area (Å²) in [4.78, 5) is 23.8. The standard InChI is InChI=1S/C19H18FN3O2.C2HF3O2/c1-9-10(2)23-17-12(19(21)24)8-13(20)16(15(9)17)11-4-3-5-14-18(11)25-7-6-22-14;3-2(4,5)1(6)7/h3-5,8,22-23H,6-7H2,1-2H3,(H2,21,24);(H,6,7). The molecule has 1 aliphatic rings. The lowest BCUT2D eigenvalue weighted by Crippen LogP contribution is -2.21. The number of nitrogens with two attached hydrogens (primary N) is 1. The third kappa shape index (κ3) is 4.18. The number of amides is 1. The van der Waals surface area contributed by atoms with Crippen LogP contribution in [0.15, 0.2) is 24.3 Å². The molecule has 2 aromatic carbocycles. The fraction of sp³-hybridized carbons (Fsp3) is 0.238. The van der Waals surface area contributed by atoms with Gasteiger partial charge in [-0.2, -0.15) is 13.2 Å². The lowest BCUT2D eigenvalue weighted by atomic mass is 9.94. The molecular weight excluding hydrogens is 434 g/mol. The van der Waals surface area contributed by atoms with E-state index >= 15 is 4.39 Å². The van der Waals surface area contributed by atoms with Gasteiger partial charge in [-0.15, -0.1) is 0 Å². The van der Waals surface area contributed by atoms with Crippen LogP contribution in [0.25, 0.3) is 22.0 Å². The van der Waals surface area contributed by atoms with Crippen molar-refractivity contribution in [2.24, 2.45) is 5.73 Å². The van der Waals surface area contributed by atoms with Crippen LogP contribution in [-0.4, -0.2) is 41.3 Å². The van der Waals surface area contributed by atoms with E-state index in [-0.39, 0.29) is 5.56 Å². The Hall–Kier alpha value is -3.76. The van der Waals surface area contributed by atoms with Gasteiger partial charge in [-0.1, -0.05) is 12.1 Å². The molecule has 0 fully saturated rings. The Morgan fingerprint density at radius 3 is 2.47 bits per heavy atom. The first-order valence-corrected chi connectivity index (χ1v) is 9.34. The van der Waals surface area contributed by atoms with Gasteiger partial charge < -0.3 is 25.9 Å². The van der Waals surface area contributed by atoms with Crippen molar-refractivity contribution in [1.82, 2.24) is 4.98 Å². The van der Waals surface area contributed by atoms with Gasteiger partial charge in [0.1, 0.15) is 18.2 Å². The Balaban J connectivity index is 0.000000360. The van der Waals surface area contributed by atoms with E-state index in [2.05, 4.69) is 10.3 Å². The Labute approximate surface area is 179 Å². The van der Waals surface area contributed by atoms with E-state index in [9.17, 15) is 18.0 Å². The molecule has 0 saturated heterocycles. The van der Waals surface area contributed by atoms with Gasteiger partial charge >= 0.3 is 12.1 Å². The molecule has 2 heterocycles. The van der Waals surface area contributed by atoms with Crippen LogP contribution in [0.3, 0.4) is 0 Å². The van der Waals surface area contributed by atoms with Crippen LogP contribution in [0, 0.1) is 19.7 Å². The van der Waals surface area contributed by atoms with Crippen molar-refractivity contribution in [2.45, 2.75) is 20.0 Å². The maximum absolute atomic E-state index is 15.1. The number of hydrogen-bond acceptors (Lipinski definition) is 4. The lowest BCUT2D eigenvalue weighted by Gasteiger charge is -2.22. The zero-order valence-corrected chi connectivity index (χ0v) is 17.0. The number of carbonyl (C=O) groups is 2. The SMILES string of the molecule is Cc1[nH]c2c(C(N)=O)cc(F)c(-c3cccc4c3OCCN4)c2c1C.O=C(O)C(F)(F)F. The van der Waals surface area contributed by atoms with Crippen LogP contribution in [0.5, 0.6) is 5.75 Å². The number of ether oxygens (including phenoxy) is 1. The number of anilines is 1. The minimum absolute atomic E-state index is 0.149. The molecule has 0 aliphatic carbocycles. The molecule has 3 aromatic rings. The number of aromatic amines is 1. The summed E-state index contributed by atoms with van der Waals surface area (Å²) in [6, 6.07) is 6.79. The van der Waals surface area contributed by atoms with Crippen molar-refractivity contribution >= 4 is 28.5 Å². The second kappa shape index (κ2) is 8.40. The van der Waals surface area contributed by atoms with Gasteiger partial charge in [-0.05, 0) is 31.5 Å². The Kier molecular flexibility index (Phi) is 6.02. The second-order valence-electron chi connectivity index (χ2n) is 7.03. The van der Waals surface area contributed by atoms with Crippen LogP contribution in [0.4, 0.5) is 23.2 Å². The van der Waals surface area contributed by atoms with E-state index in [0.29, 0.717) is 40.9 Å². The summed E-state index contributed by atoms with van der Waals surface area (Å²) in [7, 11) is 0. The number of carboxylic acid groups (broad SMARTS) is 1. The molecule has 11 heteroatoms. The molecule has 1 amide bonds. The first-order valence-electron chi connectivity index (χ1n) is 9.34. The van der Waals surface area contributed by atoms with E-state index in [1.54, 1.807) is 0 Å². The number of carboxylic acids is 1. The third-order valence-electron chi connectivity index (χ3n) is 4.99. The van der Waals surface area contributed by atoms with Crippen LogP contribution in [-0.2, 0) is 4.79 Å². The summed E-state index contributed by atoms with van der Waals surface area (Å²) < 4.78 is 52.6. The molecule has 1 aromatic heterocycles. The van der Waals surface area contributed by atoms with Crippen molar-refractivity contribution in [3.05, 3.63) is 46.9 Å². The topological polar surface area (TPSA) is 117 Å². The van der Waals surface area contributed by atoms with Gasteiger partial charge in [-0.25, -0.2) is 9.18 Å². The largest absolute Gasteiger partial charge is 0.490 e. The number of aryl methyl sites for hydroxylation is 2. The van der Waals surface area contributed by atoms with E-state index in [1.807, 2.05) is 32.0 Å². The Morgan fingerprint density at radius 1 is 1.22 bits per heavy atom. The third-order valence-corrected chi connectivity index (χ3v) is 4.99. The van der Waals surface area contributed by atoms with E-state index in [0.717, 1.165) is 16.9 Å². The minimum atomic E-state index is -5.08. The van der Waals surface area contributed by atoms with Crippen molar-refractivity contribution in [2.75, 3.05) is 18.5 Å². The maximum atomic E-state index is 15.1. The molecule has 4 rings (SSSR count). The number of halogens is 4. The number of carbonyl (C=O) groups excluding carboxylic acids is 1. The van der Waals surface area contributed by atoms with Gasteiger partial charge in [0.05, 0.1) is 16.8 Å². The van der Waals surface area contributed by atoms with Gasteiger partial charge in [0.25, 0.3) is 5.91 Å². The molecule has 5 N–H and O–H groups in total. The van der Waals surface area contributed by atoms with E-state index in [1.165, 1.54) is 6.07 Å². The number of aromatic nitrogens is 1. The zero-order valence-electron chi connectivity index (χ0n) is 17.0. The quantitative estimate of drug-likeness (QED) is 0.436. The van der Waals surface area contributed by atoms with Crippen LogP contribution >= 0.6 is 0 Å². The Bertz CT molecular complexity index is 1220. The lowest BCUT2D eigenvalue weighted by molar-refractivity contribution is -0.192. The number of H-pyrrole nitrogens is 1. The number of nitrogens with one attached hydrogen (secondary N) is 2. The van der Waals surface area contributed by atoms with Crippen LogP contribution in [0.1, 0.15) is 21.6 Å². The molecule has 1 aliphatic heterocycles. The number of benzene rings is 2. The number of alkyl halides is 3. The molecule has 32 heavy (non-hydrogen) atoms. The number of rotatable bonds is 2. The highest BCUT2D eigenvalue weighted by molar-refractivity contribution is 6.11. The molecule has 0 spiro atoms. The van der Waals surface area contributed by atoms with Crippen molar-refractivity contribution in [3.63, 3.8) is 0 Å². The van der Waals surface area contributed by atoms with Gasteiger partial charge in [0, 0.05) is 28.8 Å². The average Bonchev–Trinajstić information content (AvgIpc) is 3.01. The highest BCUT2D eigenvalue weighted by Crippen LogP contribution is 2.44. The molecular formula is C21H19F4N3O4. The highest BCUT2D eigenvalue weighted by atomic mass is 19.4. The summed E-state index contributed by atoms with van der Waals surface area (Å²) in [5, 5.41) is 11.0. The van der Waals surface area contributed by atoms with Gasteiger partial charge in [0.15, 0.2) is 0 Å². The number of hydrogen-bond donors (Lipinski definition) is 4. The molecule has 0 atom stereocenters. The summed E-state index contributed by atoms with van der Waals surface area (Å²) >= 11 is 0. The van der Waals surface area contributed by atoms with Crippen molar-refractivity contribution in [3.8, 4) is 16.9 Å². The fourth-order valence-corrected chi connectivity index (χ4v) is 3.45. The van der Waals surface area contributed by atoms with Crippen molar-refractivity contribution in [1.29, 1.82) is 0 Å². The molecule has 0 unspecified atom stereocenters. The van der Waals surface area contributed by atoms with E-state index in [4.69, 9.17) is 20.4 Å². The number of para-hydroxylation sites is 1. The first kappa shape index (κ1) is 22.9. The average molecular weight is 453 g/mol. The molecule has 0 bridgehead atoms. The van der Waals surface area contributed by atoms with Gasteiger partial charge in [-0.3, -0.25) is 4.79 Å². The number of aliphatic carboxylic acids is 1. The summed E-state index contributed by atoms with van der Waals surface area (Å²) in [5.74, 6) is -3.29. The predicted molar refractivity (Wildman–Crippen MR) is 109 cm³/mol. The fourth-order valence-electron chi connectivity index (χ4n) is 3.45. The smallest absolute Gasteiger partial charge is 0.489 e.